The molecular formula is C34H36N4O5S. The molecule has 10 heteroatoms. The number of nitrogens with zero attached hydrogens (tertiary/aromatic N) is 2. The van der Waals surface area contributed by atoms with Crippen LogP contribution in [0.2, 0.25) is 0 Å². The van der Waals surface area contributed by atoms with Crippen molar-refractivity contribution in [3.05, 3.63) is 126 Å². The van der Waals surface area contributed by atoms with Gasteiger partial charge in [0.05, 0.1) is 24.2 Å². The summed E-state index contributed by atoms with van der Waals surface area (Å²) in [4.78, 5) is 33.9. The second-order valence-corrected chi connectivity index (χ2v) is 12.5. The zero-order chi connectivity index (χ0) is 30.9. The molecule has 2 N–H and O–H groups in total. The van der Waals surface area contributed by atoms with E-state index in [-0.39, 0.29) is 42.3 Å². The summed E-state index contributed by atoms with van der Waals surface area (Å²) < 4.78 is 33.1. The Hall–Kier alpha value is -4.54. The fraction of sp³-hybridized carbons (Fsp3) is 0.265. The van der Waals surface area contributed by atoms with Crippen molar-refractivity contribution in [2.24, 2.45) is 0 Å². The number of aromatic nitrogens is 1. The number of amides is 2. The Morgan fingerprint density at radius 3 is 2.23 bits per heavy atom. The molecule has 5 rings (SSSR count). The highest BCUT2D eigenvalue weighted by Crippen LogP contribution is 2.27. The van der Waals surface area contributed by atoms with Crippen LogP contribution in [0.25, 0.3) is 0 Å². The van der Waals surface area contributed by atoms with E-state index >= 15 is 0 Å². The van der Waals surface area contributed by atoms with Crippen LogP contribution >= 0.6 is 0 Å². The Morgan fingerprint density at radius 1 is 0.909 bits per heavy atom. The molecule has 1 fully saturated rings. The first kappa shape index (κ1) is 30.9. The molecule has 0 unspecified atom stereocenters. The Labute approximate surface area is 258 Å². The third kappa shape index (κ3) is 8.30. The Bertz CT molecular complexity index is 1640. The highest BCUT2D eigenvalue weighted by atomic mass is 32.2. The molecule has 2 amide bonds. The molecule has 0 spiro atoms. The van der Waals surface area contributed by atoms with Gasteiger partial charge in [-0.3, -0.25) is 14.6 Å². The van der Waals surface area contributed by atoms with Crippen LogP contribution in [0.5, 0.6) is 5.75 Å². The maximum Gasteiger partial charge on any atom is 0.247 e. The number of carbonyl (C=O) groups excluding carboxylic acids is 2. The summed E-state index contributed by atoms with van der Waals surface area (Å²) in [6, 6.07) is 27.9. The molecule has 0 aliphatic heterocycles. The topological polar surface area (TPSA) is 118 Å². The molecule has 1 atom stereocenters. The summed E-state index contributed by atoms with van der Waals surface area (Å²) in [6.45, 7) is 0.418. The van der Waals surface area contributed by atoms with E-state index in [1.54, 1.807) is 42.5 Å². The number of carbonyl (C=O) groups is 2. The van der Waals surface area contributed by atoms with Crippen molar-refractivity contribution in [3.8, 4) is 5.75 Å². The van der Waals surface area contributed by atoms with Gasteiger partial charge in [-0.15, -0.1) is 0 Å². The molecular weight excluding hydrogens is 576 g/mol. The molecule has 1 aliphatic rings. The van der Waals surface area contributed by atoms with Gasteiger partial charge in [-0.1, -0.05) is 60.7 Å². The Kier molecular flexibility index (Phi) is 10.0. The van der Waals surface area contributed by atoms with Crippen molar-refractivity contribution in [2.45, 2.75) is 55.8 Å². The van der Waals surface area contributed by atoms with E-state index in [0.717, 1.165) is 24.0 Å². The van der Waals surface area contributed by atoms with Crippen molar-refractivity contribution < 1.29 is 22.7 Å². The second-order valence-electron chi connectivity index (χ2n) is 10.8. The van der Waals surface area contributed by atoms with Crippen LogP contribution in [-0.4, -0.2) is 43.3 Å². The minimum absolute atomic E-state index is 0.0210. The van der Waals surface area contributed by atoms with Crippen LogP contribution in [0, 0.1) is 0 Å². The Morgan fingerprint density at radius 2 is 1.59 bits per heavy atom. The predicted octanol–water partition coefficient (Wildman–Crippen LogP) is 4.55. The molecule has 228 valence electrons. The van der Waals surface area contributed by atoms with Gasteiger partial charge in [-0.05, 0) is 72.4 Å². The number of hydrogen-bond acceptors (Lipinski definition) is 6. The number of methoxy groups -OCH3 is 1. The minimum Gasteiger partial charge on any atom is -0.497 e. The summed E-state index contributed by atoms with van der Waals surface area (Å²) in [5, 5.41) is 2.97. The van der Waals surface area contributed by atoms with Crippen molar-refractivity contribution >= 4 is 21.8 Å². The largest absolute Gasteiger partial charge is 0.497 e. The van der Waals surface area contributed by atoms with Gasteiger partial charge in [0.25, 0.3) is 0 Å². The minimum atomic E-state index is -3.56. The molecule has 9 nitrogen and oxygen atoms in total. The van der Waals surface area contributed by atoms with Gasteiger partial charge in [0, 0.05) is 25.2 Å². The molecule has 1 aromatic heterocycles. The average Bonchev–Trinajstić information content (AvgIpc) is 3.87. The fourth-order valence-corrected chi connectivity index (χ4v) is 6.16. The monoisotopic (exact) mass is 612 g/mol. The molecule has 4 aromatic rings. The maximum atomic E-state index is 14.0. The lowest BCUT2D eigenvalue weighted by Gasteiger charge is -2.32. The van der Waals surface area contributed by atoms with Crippen molar-refractivity contribution in [2.75, 3.05) is 7.11 Å². The third-order valence-electron chi connectivity index (χ3n) is 7.44. The zero-order valence-electron chi connectivity index (χ0n) is 24.6. The summed E-state index contributed by atoms with van der Waals surface area (Å²) in [7, 11) is -1.97. The molecule has 44 heavy (non-hydrogen) atoms. The van der Waals surface area contributed by atoms with Gasteiger partial charge >= 0.3 is 0 Å². The number of hydrogen-bond donors (Lipinski definition) is 2. The van der Waals surface area contributed by atoms with Gasteiger partial charge in [0.1, 0.15) is 11.8 Å². The quantitative estimate of drug-likeness (QED) is 0.216. The molecule has 1 heterocycles. The molecule has 0 bridgehead atoms. The normalized spacial score (nSPS) is 13.6. The average molecular weight is 613 g/mol. The molecule has 3 aromatic carbocycles. The van der Waals surface area contributed by atoms with Crippen molar-refractivity contribution in [1.82, 2.24) is 19.9 Å². The Balaban J connectivity index is 1.37. The fourth-order valence-electron chi connectivity index (χ4n) is 4.86. The molecule has 1 saturated carbocycles. The van der Waals surface area contributed by atoms with E-state index in [1.807, 2.05) is 72.8 Å². The van der Waals surface area contributed by atoms with E-state index in [0.29, 0.717) is 23.4 Å². The molecule has 1 aliphatic carbocycles. The van der Waals surface area contributed by atoms with Gasteiger partial charge in [0.2, 0.25) is 21.8 Å². The number of benzene rings is 3. The first-order valence-corrected chi connectivity index (χ1v) is 16.1. The van der Waals surface area contributed by atoms with Gasteiger partial charge in [-0.2, -0.15) is 0 Å². The first-order valence-electron chi connectivity index (χ1n) is 14.6. The van der Waals surface area contributed by atoms with Crippen LogP contribution in [-0.2, 0) is 39.1 Å². The SMILES string of the molecule is COc1ccc(CN(C(=O)CCc2ccc(S(=O)(=O)NC3CC3)cc2)[C@H](C(=O)NCc2ccccn2)c2ccccc2)cc1. The summed E-state index contributed by atoms with van der Waals surface area (Å²) in [5.41, 5.74) is 3.06. The number of aryl methyl sites for hydroxylation is 1. The second kappa shape index (κ2) is 14.3. The van der Waals surface area contributed by atoms with Crippen LogP contribution < -0.4 is 14.8 Å². The van der Waals surface area contributed by atoms with Gasteiger partial charge < -0.3 is 15.0 Å². The van der Waals surface area contributed by atoms with Crippen LogP contribution in [0.1, 0.15) is 47.7 Å². The molecule has 0 radical (unpaired) electrons. The van der Waals surface area contributed by atoms with Gasteiger partial charge in [-0.25, -0.2) is 13.1 Å². The van der Waals surface area contributed by atoms with Crippen LogP contribution in [0.4, 0.5) is 0 Å². The third-order valence-corrected chi connectivity index (χ3v) is 8.97. The lowest BCUT2D eigenvalue weighted by Crippen LogP contribution is -2.43. The lowest BCUT2D eigenvalue weighted by molar-refractivity contribution is -0.141. The summed E-state index contributed by atoms with van der Waals surface area (Å²) >= 11 is 0. The summed E-state index contributed by atoms with van der Waals surface area (Å²) in [6.07, 6.45) is 3.89. The van der Waals surface area contributed by atoms with E-state index in [9.17, 15) is 18.0 Å². The van der Waals surface area contributed by atoms with Gasteiger partial charge in [0.15, 0.2) is 0 Å². The highest BCUT2D eigenvalue weighted by molar-refractivity contribution is 7.89. The zero-order valence-corrected chi connectivity index (χ0v) is 25.4. The first-order chi connectivity index (χ1) is 21.3. The lowest BCUT2D eigenvalue weighted by atomic mass is 10.0. The smallest absolute Gasteiger partial charge is 0.247 e. The van der Waals surface area contributed by atoms with E-state index < -0.39 is 16.1 Å². The number of ether oxygens (including phenoxy) is 1. The number of rotatable bonds is 14. The van der Waals surface area contributed by atoms with Crippen molar-refractivity contribution in [1.29, 1.82) is 0 Å². The van der Waals surface area contributed by atoms with E-state index in [2.05, 4.69) is 15.0 Å². The highest BCUT2D eigenvalue weighted by Gasteiger charge is 2.32. The van der Waals surface area contributed by atoms with E-state index in [4.69, 9.17) is 4.74 Å². The summed E-state index contributed by atoms with van der Waals surface area (Å²) in [5.74, 6) is 0.160. The number of pyridine rings is 1. The standard InChI is InChI=1S/C34H36N4O5S/c1-43-30-17-10-26(11-18-30)24-38(32(39)21-14-25-12-19-31(20-13-25)44(41,42)37-28-15-16-28)33(27-7-3-2-4-8-27)34(40)36-23-29-9-5-6-22-35-29/h2-13,17-20,22,28,33,37H,14-16,21,23-24H2,1H3,(H,36,40)/t33-/m0/s1. The van der Waals surface area contributed by atoms with Crippen molar-refractivity contribution in [3.63, 3.8) is 0 Å². The van der Waals surface area contributed by atoms with E-state index in [1.165, 1.54) is 0 Å². The maximum absolute atomic E-state index is 14.0. The number of nitrogens with one attached hydrogen (secondary N) is 2. The number of sulfonamides is 1. The van der Waals surface area contributed by atoms with Crippen LogP contribution in [0.15, 0.2) is 108 Å². The predicted molar refractivity (Wildman–Crippen MR) is 167 cm³/mol. The molecule has 0 saturated heterocycles. The van der Waals surface area contributed by atoms with Crippen LogP contribution in [0.3, 0.4) is 0 Å².